The number of nitrogen functional groups attached to an aromatic ring is 1. The molecule has 17 heavy (non-hydrogen) atoms. The van der Waals surface area contributed by atoms with Crippen molar-refractivity contribution >= 4 is 11.6 Å². The Hall–Kier alpha value is -1.51. The van der Waals surface area contributed by atoms with Crippen LogP contribution >= 0.6 is 0 Å². The van der Waals surface area contributed by atoms with Gasteiger partial charge in [-0.2, -0.15) is 0 Å². The molecule has 0 aromatic heterocycles. The number of anilines is 1. The molecule has 92 valence electrons. The van der Waals surface area contributed by atoms with Crippen LogP contribution in [0.4, 0.5) is 5.69 Å². The molecular weight excluding hydrogens is 212 g/mol. The highest BCUT2D eigenvalue weighted by Crippen LogP contribution is 2.28. The van der Waals surface area contributed by atoms with E-state index in [0.29, 0.717) is 12.5 Å². The fourth-order valence-corrected chi connectivity index (χ4v) is 2.01. The Morgan fingerprint density at radius 2 is 2.00 bits per heavy atom. The standard InChI is InChI=1S/C14H20N2O/c1-10(11-3-5-12(15)6-4-11)9-14(17)16(2)13-7-8-13/h3-6,10,13H,7-9,15H2,1-2H3. The molecule has 0 bridgehead atoms. The van der Waals surface area contributed by atoms with Crippen LogP contribution in [-0.4, -0.2) is 23.9 Å². The third-order valence-electron chi connectivity index (χ3n) is 3.47. The first kappa shape index (κ1) is 12.0. The second-order valence-electron chi connectivity index (χ2n) is 5.01. The van der Waals surface area contributed by atoms with E-state index < -0.39 is 0 Å². The van der Waals surface area contributed by atoms with Crippen molar-refractivity contribution in [3.8, 4) is 0 Å². The van der Waals surface area contributed by atoms with Crippen LogP contribution in [0.5, 0.6) is 0 Å². The van der Waals surface area contributed by atoms with Crippen LogP contribution in [0.3, 0.4) is 0 Å². The molecule has 0 aliphatic heterocycles. The molecule has 0 heterocycles. The predicted octanol–water partition coefficient (Wildman–Crippen LogP) is 2.38. The Bertz CT molecular complexity index is 395. The van der Waals surface area contributed by atoms with Gasteiger partial charge in [-0.1, -0.05) is 19.1 Å². The van der Waals surface area contributed by atoms with Gasteiger partial charge in [-0.3, -0.25) is 4.79 Å². The van der Waals surface area contributed by atoms with Gasteiger partial charge >= 0.3 is 0 Å². The van der Waals surface area contributed by atoms with Gasteiger partial charge in [0.15, 0.2) is 0 Å². The number of carbonyl (C=O) groups is 1. The zero-order chi connectivity index (χ0) is 12.4. The molecule has 1 aromatic rings. The predicted molar refractivity (Wildman–Crippen MR) is 69.7 cm³/mol. The van der Waals surface area contributed by atoms with E-state index in [1.165, 1.54) is 18.4 Å². The van der Waals surface area contributed by atoms with E-state index in [9.17, 15) is 4.79 Å². The molecule has 1 amide bonds. The van der Waals surface area contributed by atoms with Gasteiger partial charge in [0, 0.05) is 25.2 Å². The molecule has 3 heteroatoms. The summed E-state index contributed by atoms with van der Waals surface area (Å²) in [6, 6.07) is 8.29. The van der Waals surface area contributed by atoms with Crippen molar-refractivity contribution < 1.29 is 4.79 Å². The Labute approximate surface area is 103 Å². The van der Waals surface area contributed by atoms with Crippen molar-refractivity contribution in [1.29, 1.82) is 0 Å². The van der Waals surface area contributed by atoms with Gasteiger partial charge < -0.3 is 10.6 Å². The molecule has 1 fully saturated rings. The highest BCUT2D eigenvalue weighted by molar-refractivity contribution is 5.77. The maximum absolute atomic E-state index is 12.0. The summed E-state index contributed by atoms with van der Waals surface area (Å²) in [6.07, 6.45) is 2.91. The molecule has 3 nitrogen and oxygen atoms in total. The summed E-state index contributed by atoms with van der Waals surface area (Å²) >= 11 is 0. The van der Waals surface area contributed by atoms with Crippen molar-refractivity contribution in [2.45, 2.75) is 38.1 Å². The molecule has 0 saturated heterocycles. The van der Waals surface area contributed by atoms with Crippen LogP contribution in [0.1, 0.15) is 37.7 Å². The first-order chi connectivity index (χ1) is 8.08. The minimum atomic E-state index is 0.247. The molecule has 2 rings (SSSR count). The van der Waals surface area contributed by atoms with Crippen LogP contribution in [0.15, 0.2) is 24.3 Å². The molecule has 0 spiro atoms. The van der Waals surface area contributed by atoms with Gasteiger partial charge in [-0.25, -0.2) is 0 Å². The molecule has 1 unspecified atom stereocenters. The van der Waals surface area contributed by atoms with Crippen LogP contribution < -0.4 is 5.73 Å². The minimum Gasteiger partial charge on any atom is -0.399 e. The molecule has 1 aromatic carbocycles. The molecule has 1 aliphatic carbocycles. The second-order valence-corrected chi connectivity index (χ2v) is 5.01. The number of nitrogens with two attached hydrogens (primary N) is 1. The third-order valence-corrected chi connectivity index (χ3v) is 3.47. The highest BCUT2D eigenvalue weighted by Gasteiger charge is 2.29. The lowest BCUT2D eigenvalue weighted by Gasteiger charge is -2.19. The number of benzene rings is 1. The molecule has 1 atom stereocenters. The van der Waals surface area contributed by atoms with Crippen molar-refractivity contribution in [3.63, 3.8) is 0 Å². The lowest BCUT2D eigenvalue weighted by Crippen LogP contribution is -2.29. The summed E-state index contributed by atoms with van der Waals surface area (Å²) in [5, 5.41) is 0. The van der Waals surface area contributed by atoms with Gasteiger partial charge in [-0.05, 0) is 36.5 Å². The Morgan fingerprint density at radius 3 is 2.53 bits per heavy atom. The molecule has 2 N–H and O–H groups in total. The van der Waals surface area contributed by atoms with E-state index in [1.54, 1.807) is 0 Å². The van der Waals surface area contributed by atoms with E-state index in [0.717, 1.165) is 5.69 Å². The van der Waals surface area contributed by atoms with E-state index in [1.807, 2.05) is 36.2 Å². The summed E-state index contributed by atoms with van der Waals surface area (Å²) < 4.78 is 0. The van der Waals surface area contributed by atoms with Crippen molar-refractivity contribution in [3.05, 3.63) is 29.8 Å². The second kappa shape index (κ2) is 4.78. The highest BCUT2D eigenvalue weighted by atomic mass is 16.2. The van der Waals surface area contributed by atoms with E-state index in [4.69, 9.17) is 5.73 Å². The number of hydrogen-bond donors (Lipinski definition) is 1. The summed E-state index contributed by atoms with van der Waals surface area (Å²) in [4.78, 5) is 13.9. The quantitative estimate of drug-likeness (QED) is 0.810. The molecule has 1 saturated carbocycles. The lowest BCUT2D eigenvalue weighted by molar-refractivity contribution is -0.130. The first-order valence-corrected chi connectivity index (χ1v) is 6.19. The monoisotopic (exact) mass is 232 g/mol. The van der Waals surface area contributed by atoms with Gasteiger partial charge in [-0.15, -0.1) is 0 Å². The van der Waals surface area contributed by atoms with Crippen LogP contribution in [0.2, 0.25) is 0 Å². The van der Waals surface area contributed by atoms with E-state index in [2.05, 4.69) is 6.92 Å². The third kappa shape index (κ3) is 2.99. The molecule has 0 radical (unpaired) electrons. The maximum Gasteiger partial charge on any atom is 0.223 e. The van der Waals surface area contributed by atoms with Gasteiger partial charge in [0.25, 0.3) is 0 Å². The fourth-order valence-electron chi connectivity index (χ4n) is 2.01. The zero-order valence-electron chi connectivity index (χ0n) is 10.5. The number of hydrogen-bond acceptors (Lipinski definition) is 2. The number of nitrogens with zero attached hydrogens (tertiary/aromatic N) is 1. The number of amides is 1. The smallest absolute Gasteiger partial charge is 0.223 e. The maximum atomic E-state index is 12.0. The SMILES string of the molecule is CC(CC(=O)N(C)C1CC1)c1ccc(N)cc1. The van der Waals surface area contributed by atoms with Gasteiger partial charge in [0.05, 0.1) is 0 Å². The van der Waals surface area contributed by atoms with Crippen molar-refractivity contribution in [2.75, 3.05) is 12.8 Å². The number of carbonyl (C=O) groups excluding carboxylic acids is 1. The van der Waals surface area contributed by atoms with Crippen molar-refractivity contribution in [2.24, 2.45) is 0 Å². The summed E-state index contributed by atoms with van der Waals surface area (Å²) in [5.74, 6) is 0.501. The summed E-state index contributed by atoms with van der Waals surface area (Å²) in [5.41, 5.74) is 7.59. The summed E-state index contributed by atoms with van der Waals surface area (Å²) in [7, 11) is 1.91. The summed E-state index contributed by atoms with van der Waals surface area (Å²) in [6.45, 7) is 2.09. The fraction of sp³-hybridized carbons (Fsp3) is 0.500. The minimum absolute atomic E-state index is 0.247. The van der Waals surface area contributed by atoms with E-state index in [-0.39, 0.29) is 11.8 Å². The molecule has 1 aliphatic rings. The van der Waals surface area contributed by atoms with Gasteiger partial charge in [0.1, 0.15) is 0 Å². The average molecular weight is 232 g/mol. The van der Waals surface area contributed by atoms with Gasteiger partial charge in [0.2, 0.25) is 5.91 Å². The zero-order valence-corrected chi connectivity index (χ0v) is 10.5. The van der Waals surface area contributed by atoms with Crippen LogP contribution in [0.25, 0.3) is 0 Å². The van der Waals surface area contributed by atoms with E-state index >= 15 is 0 Å². The Balaban J connectivity index is 1.93. The Kier molecular flexibility index (Phi) is 3.36. The number of rotatable bonds is 4. The average Bonchev–Trinajstić information content (AvgIpc) is 3.12. The lowest BCUT2D eigenvalue weighted by atomic mass is 9.97. The van der Waals surface area contributed by atoms with Crippen LogP contribution in [-0.2, 0) is 4.79 Å². The molecular formula is C14H20N2O. The first-order valence-electron chi connectivity index (χ1n) is 6.19. The van der Waals surface area contributed by atoms with Crippen LogP contribution in [0, 0.1) is 0 Å². The van der Waals surface area contributed by atoms with Crippen molar-refractivity contribution in [1.82, 2.24) is 4.90 Å². The largest absolute Gasteiger partial charge is 0.399 e. The Morgan fingerprint density at radius 1 is 1.41 bits per heavy atom. The normalized spacial score (nSPS) is 16.6. The topological polar surface area (TPSA) is 46.3 Å².